The fraction of sp³-hybridized carbons (Fsp3) is 0.619. The van der Waals surface area contributed by atoms with Gasteiger partial charge in [-0.05, 0) is 39.2 Å². The van der Waals surface area contributed by atoms with Crippen LogP contribution in [0.25, 0.3) is 0 Å². The van der Waals surface area contributed by atoms with Gasteiger partial charge in [-0.2, -0.15) is 4.39 Å². The van der Waals surface area contributed by atoms with Crippen LogP contribution in [-0.2, 0) is 35.0 Å². The number of cyclic esters (lactones) is 2. The Balaban J connectivity index is 1.83. The molecule has 32 heavy (non-hydrogen) atoms. The van der Waals surface area contributed by atoms with Crippen molar-refractivity contribution < 1.29 is 37.4 Å². The highest BCUT2D eigenvalue weighted by atomic mass is 19.1. The molecular weight excluding hydrogens is 428 g/mol. The molecular formula is C21H27F2N3O6. The van der Waals surface area contributed by atoms with E-state index in [1.807, 2.05) is 0 Å². The van der Waals surface area contributed by atoms with Crippen LogP contribution in [0.4, 0.5) is 8.78 Å². The SMILES string of the molecule is Cc1nc(F)c(C[C@H]2CCC(=O)OC(C3CCO3)C(=O)O[C@H](C)[C@H](N)C(=O)N2)c(C)c1F. The maximum atomic E-state index is 14.5. The van der Waals surface area contributed by atoms with Crippen molar-refractivity contribution in [1.29, 1.82) is 0 Å². The summed E-state index contributed by atoms with van der Waals surface area (Å²) in [5.74, 6) is -3.68. The second kappa shape index (κ2) is 9.86. The smallest absolute Gasteiger partial charge is 0.350 e. The molecule has 0 saturated carbocycles. The minimum Gasteiger partial charge on any atom is -0.458 e. The van der Waals surface area contributed by atoms with Gasteiger partial charge in [0.05, 0.1) is 5.69 Å². The molecule has 3 heterocycles. The van der Waals surface area contributed by atoms with Crippen molar-refractivity contribution in [1.82, 2.24) is 10.3 Å². The molecule has 0 aromatic carbocycles. The van der Waals surface area contributed by atoms with E-state index in [1.165, 1.54) is 20.8 Å². The number of amides is 1. The Kier molecular flexibility index (Phi) is 7.40. The molecule has 176 valence electrons. The maximum Gasteiger partial charge on any atom is 0.350 e. The zero-order chi connectivity index (χ0) is 23.6. The third kappa shape index (κ3) is 5.21. The first kappa shape index (κ1) is 24.0. The number of nitrogens with two attached hydrogens (primary N) is 1. The average molecular weight is 455 g/mol. The summed E-state index contributed by atoms with van der Waals surface area (Å²) in [4.78, 5) is 41.1. The van der Waals surface area contributed by atoms with Crippen LogP contribution in [0.2, 0.25) is 0 Å². The number of nitrogens with zero attached hydrogens (tertiary/aromatic N) is 1. The zero-order valence-electron chi connectivity index (χ0n) is 18.2. The van der Waals surface area contributed by atoms with Crippen LogP contribution in [-0.4, -0.2) is 59.8 Å². The number of pyridine rings is 1. The number of carbonyl (C=O) groups excluding carboxylic acids is 3. The first-order valence-corrected chi connectivity index (χ1v) is 10.5. The standard InChI is InChI=1S/C21H27F2N3O6/c1-9-13(19(23)25-10(2)16(9)22)8-12-4-5-15(27)32-18(14-6-7-30-14)21(29)31-11(3)17(24)20(28)26-12/h11-12,14,17-18H,4-8,24H2,1-3H3,(H,26,28)/t11-,12-,14?,17+,18?/m1/s1. The fourth-order valence-electron chi connectivity index (χ4n) is 3.63. The predicted octanol–water partition coefficient (Wildman–Crippen LogP) is 0.757. The largest absolute Gasteiger partial charge is 0.458 e. The van der Waals surface area contributed by atoms with E-state index >= 15 is 0 Å². The number of aromatic nitrogens is 1. The second-order valence-electron chi connectivity index (χ2n) is 8.13. The summed E-state index contributed by atoms with van der Waals surface area (Å²) in [5.41, 5.74) is 5.94. The summed E-state index contributed by atoms with van der Waals surface area (Å²) in [7, 11) is 0. The monoisotopic (exact) mass is 455 g/mol. The summed E-state index contributed by atoms with van der Waals surface area (Å²) < 4.78 is 44.5. The van der Waals surface area contributed by atoms with Crippen LogP contribution in [0.5, 0.6) is 0 Å². The van der Waals surface area contributed by atoms with Crippen LogP contribution in [0.3, 0.4) is 0 Å². The second-order valence-corrected chi connectivity index (χ2v) is 8.13. The van der Waals surface area contributed by atoms with Gasteiger partial charge < -0.3 is 25.3 Å². The van der Waals surface area contributed by atoms with Crippen molar-refractivity contribution in [3.8, 4) is 0 Å². The number of carbonyl (C=O) groups is 3. The first-order chi connectivity index (χ1) is 15.1. The molecule has 2 aliphatic heterocycles. The summed E-state index contributed by atoms with van der Waals surface area (Å²) in [5, 5.41) is 2.64. The normalized spacial score (nSPS) is 29.7. The molecule has 9 nitrogen and oxygen atoms in total. The number of ether oxygens (including phenoxy) is 3. The average Bonchev–Trinajstić information content (AvgIpc) is 2.69. The molecule has 2 aliphatic rings. The Morgan fingerprint density at radius 3 is 2.47 bits per heavy atom. The van der Waals surface area contributed by atoms with Gasteiger partial charge in [-0.3, -0.25) is 9.59 Å². The summed E-state index contributed by atoms with van der Waals surface area (Å²) in [6.07, 6.45) is -2.65. The van der Waals surface area contributed by atoms with Crippen molar-refractivity contribution >= 4 is 17.8 Å². The lowest BCUT2D eigenvalue weighted by atomic mass is 9.97. The third-order valence-corrected chi connectivity index (χ3v) is 5.78. The van der Waals surface area contributed by atoms with Gasteiger partial charge in [0, 0.05) is 31.1 Å². The van der Waals surface area contributed by atoms with E-state index in [4.69, 9.17) is 19.9 Å². The lowest BCUT2D eigenvalue weighted by Gasteiger charge is -2.33. The number of nitrogens with one attached hydrogen (secondary N) is 1. The highest BCUT2D eigenvalue weighted by Gasteiger charge is 2.40. The van der Waals surface area contributed by atoms with Gasteiger partial charge >= 0.3 is 11.9 Å². The van der Waals surface area contributed by atoms with Gasteiger partial charge in [0.25, 0.3) is 0 Å². The third-order valence-electron chi connectivity index (χ3n) is 5.78. The zero-order valence-corrected chi connectivity index (χ0v) is 18.2. The first-order valence-electron chi connectivity index (χ1n) is 10.5. The van der Waals surface area contributed by atoms with Gasteiger partial charge in [-0.25, -0.2) is 14.2 Å². The molecule has 2 saturated heterocycles. The van der Waals surface area contributed by atoms with Crippen LogP contribution < -0.4 is 11.1 Å². The minimum absolute atomic E-state index is 0.00680. The van der Waals surface area contributed by atoms with Crippen molar-refractivity contribution in [3.63, 3.8) is 0 Å². The molecule has 5 atom stereocenters. The molecule has 1 amide bonds. The molecule has 0 aliphatic carbocycles. The van der Waals surface area contributed by atoms with Gasteiger partial charge in [0.15, 0.2) is 0 Å². The van der Waals surface area contributed by atoms with Crippen molar-refractivity contribution in [2.24, 2.45) is 5.73 Å². The molecule has 3 N–H and O–H groups in total. The van der Waals surface area contributed by atoms with Crippen LogP contribution in [0.15, 0.2) is 0 Å². The van der Waals surface area contributed by atoms with Gasteiger partial charge in [-0.1, -0.05) is 0 Å². The number of hydrogen-bond acceptors (Lipinski definition) is 8. The number of halogens is 2. The van der Waals surface area contributed by atoms with Crippen LogP contribution >= 0.6 is 0 Å². The Morgan fingerprint density at radius 1 is 1.16 bits per heavy atom. The van der Waals surface area contributed by atoms with Gasteiger partial charge in [0.1, 0.15) is 24.1 Å². The van der Waals surface area contributed by atoms with E-state index in [1.54, 1.807) is 0 Å². The number of rotatable bonds is 3. The topological polar surface area (TPSA) is 130 Å². The number of hydrogen-bond donors (Lipinski definition) is 2. The van der Waals surface area contributed by atoms with E-state index in [-0.39, 0.29) is 36.1 Å². The van der Waals surface area contributed by atoms with E-state index < -0.39 is 60.0 Å². The van der Waals surface area contributed by atoms with E-state index in [0.29, 0.717) is 13.0 Å². The highest BCUT2D eigenvalue weighted by Crippen LogP contribution is 2.23. The molecule has 1 aromatic rings. The van der Waals surface area contributed by atoms with Gasteiger partial charge in [-0.15, -0.1) is 0 Å². The number of aryl methyl sites for hydroxylation is 1. The maximum absolute atomic E-state index is 14.5. The Labute approximate surface area is 184 Å². The van der Waals surface area contributed by atoms with E-state index in [0.717, 1.165) is 0 Å². The quantitative estimate of drug-likeness (QED) is 0.505. The summed E-state index contributed by atoms with van der Waals surface area (Å²) >= 11 is 0. The van der Waals surface area contributed by atoms with Crippen molar-refractivity contribution in [2.45, 2.75) is 76.9 Å². The molecule has 1 aromatic heterocycles. The van der Waals surface area contributed by atoms with E-state index in [2.05, 4.69) is 10.3 Å². The van der Waals surface area contributed by atoms with Crippen LogP contribution in [0, 0.1) is 25.6 Å². The molecule has 11 heteroatoms. The molecule has 2 fully saturated rings. The lowest BCUT2D eigenvalue weighted by Crippen LogP contribution is -2.54. The van der Waals surface area contributed by atoms with Gasteiger partial charge in [0.2, 0.25) is 18.0 Å². The Bertz CT molecular complexity index is 908. The molecule has 0 bridgehead atoms. The minimum atomic E-state index is -1.26. The lowest BCUT2D eigenvalue weighted by molar-refractivity contribution is -0.194. The fourth-order valence-corrected chi connectivity index (χ4v) is 3.63. The highest BCUT2D eigenvalue weighted by molar-refractivity contribution is 5.84. The Morgan fingerprint density at radius 2 is 1.84 bits per heavy atom. The number of esters is 2. The molecule has 2 unspecified atom stereocenters. The molecule has 3 rings (SSSR count). The molecule has 0 spiro atoms. The van der Waals surface area contributed by atoms with Crippen molar-refractivity contribution in [3.05, 3.63) is 28.6 Å². The predicted molar refractivity (Wildman–Crippen MR) is 106 cm³/mol. The van der Waals surface area contributed by atoms with E-state index in [9.17, 15) is 23.2 Å². The summed E-state index contributed by atoms with van der Waals surface area (Å²) in [6.45, 7) is 4.64. The molecule has 0 radical (unpaired) electrons. The summed E-state index contributed by atoms with van der Waals surface area (Å²) in [6, 6.07) is -1.99. The Hall–Kier alpha value is -2.66. The van der Waals surface area contributed by atoms with Crippen LogP contribution in [0.1, 0.15) is 43.0 Å². The van der Waals surface area contributed by atoms with Crippen molar-refractivity contribution in [2.75, 3.05) is 6.61 Å².